The highest BCUT2D eigenvalue weighted by molar-refractivity contribution is 5.92. The van der Waals surface area contributed by atoms with Gasteiger partial charge in [-0.15, -0.1) is 0 Å². The number of carbonyl (C=O) groups excluding carboxylic acids is 1. The third kappa shape index (κ3) is 4.92. The molecule has 0 spiro atoms. The third-order valence-corrected chi connectivity index (χ3v) is 4.13. The van der Waals surface area contributed by atoms with Crippen LogP contribution in [0.3, 0.4) is 0 Å². The van der Waals surface area contributed by atoms with Crippen molar-refractivity contribution in [3.05, 3.63) is 58.9 Å². The molecule has 0 aliphatic heterocycles. The molecule has 0 aliphatic carbocycles. The lowest BCUT2D eigenvalue weighted by molar-refractivity contribution is -0.697. The van der Waals surface area contributed by atoms with Gasteiger partial charge in [0.2, 0.25) is 5.91 Å². The van der Waals surface area contributed by atoms with Crippen molar-refractivity contribution in [2.75, 3.05) is 5.32 Å². The Bertz CT molecular complexity index is 652. The molecule has 1 N–H and O–H groups in total. The predicted molar refractivity (Wildman–Crippen MR) is 94.5 cm³/mol. The van der Waals surface area contributed by atoms with Crippen LogP contribution in [0.5, 0.6) is 0 Å². The van der Waals surface area contributed by atoms with E-state index in [1.165, 1.54) is 11.1 Å². The lowest BCUT2D eigenvalue weighted by Gasteiger charge is -2.12. The summed E-state index contributed by atoms with van der Waals surface area (Å²) in [5.74, 6) is 0.0887. The third-order valence-electron chi connectivity index (χ3n) is 4.13. The van der Waals surface area contributed by atoms with Gasteiger partial charge in [-0.2, -0.15) is 0 Å². The molecule has 1 amide bonds. The molecule has 3 heteroatoms. The molecule has 2 aromatic rings. The van der Waals surface area contributed by atoms with Crippen molar-refractivity contribution < 1.29 is 9.36 Å². The van der Waals surface area contributed by atoms with Crippen molar-refractivity contribution >= 4 is 11.6 Å². The maximum Gasteiger partial charge on any atom is 0.224 e. The van der Waals surface area contributed by atoms with Crippen LogP contribution in [-0.4, -0.2) is 5.91 Å². The molecule has 0 unspecified atom stereocenters. The zero-order valence-corrected chi connectivity index (χ0v) is 14.6. The maximum atomic E-state index is 12.2. The highest BCUT2D eigenvalue weighted by Crippen LogP contribution is 2.22. The fraction of sp³-hybridized carbons (Fsp3) is 0.400. The van der Waals surface area contributed by atoms with Gasteiger partial charge in [-0.25, -0.2) is 4.57 Å². The summed E-state index contributed by atoms with van der Waals surface area (Å²) in [6.45, 7) is 9.18. The summed E-state index contributed by atoms with van der Waals surface area (Å²) >= 11 is 0. The van der Waals surface area contributed by atoms with Crippen LogP contribution in [-0.2, 0) is 17.8 Å². The molecule has 122 valence electrons. The van der Waals surface area contributed by atoms with Crippen LogP contribution in [0, 0.1) is 20.8 Å². The average Bonchev–Trinajstić information content (AvgIpc) is 2.51. The Kier molecular flexibility index (Phi) is 5.91. The molecule has 3 nitrogen and oxygen atoms in total. The van der Waals surface area contributed by atoms with E-state index in [4.69, 9.17) is 0 Å². The van der Waals surface area contributed by atoms with E-state index >= 15 is 0 Å². The first kappa shape index (κ1) is 17.2. The van der Waals surface area contributed by atoms with Gasteiger partial charge >= 0.3 is 0 Å². The SMILES string of the molecule is CCc1cc[n+](CCCC(=O)Nc2c(C)cc(C)cc2C)cc1. The Balaban J connectivity index is 1.85. The second-order valence-electron chi connectivity index (χ2n) is 6.22. The van der Waals surface area contributed by atoms with E-state index in [0.717, 1.165) is 36.2 Å². The average molecular weight is 311 g/mol. The van der Waals surface area contributed by atoms with E-state index in [2.05, 4.69) is 60.4 Å². The first-order valence-corrected chi connectivity index (χ1v) is 8.35. The Morgan fingerprint density at radius 2 is 1.70 bits per heavy atom. The Labute approximate surface area is 139 Å². The van der Waals surface area contributed by atoms with E-state index in [1.54, 1.807) is 0 Å². The van der Waals surface area contributed by atoms with Gasteiger partial charge < -0.3 is 5.32 Å². The molecule has 1 aromatic heterocycles. The minimum Gasteiger partial charge on any atom is -0.326 e. The molecule has 0 aliphatic rings. The number of anilines is 1. The first-order valence-electron chi connectivity index (χ1n) is 8.35. The van der Waals surface area contributed by atoms with Crippen molar-refractivity contribution in [1.82, 2.24) is 0 Å². The molecular weight excluding hydrogens is 284 g/mol. The number of pyridine rings is 1. The van der Waals surface area contributed by atoms with E-state index in [9.17, 15) is 4.79 Å². The summed E-state index contributed by atoms with van der Waals surface area (Å²) in [6.07, 6.45) is 6.61. The minimum atomic E-state index is 0.0887. The lowest BCUT2D eigenvalue weighted by Crippen LogP contribution is -2.33. The monoisotopic (exact) mass is 311 g/mol. The van der Waals surface area contributed by atoms with E-state index in [0.29, 0.717) is 6.42 Å². The van der Waals surface area contributed by atoms with Gasteiger partial charge in [-0.1, -0.05) is 24.6 Å². The van der Waals surface area contributed by atoms with Crippen molar-refractivity contribution in [3.63, 3.8) is 0 Å². The quantitative estimate of drug-likeness (QED) is 0.807. The molecule has 0 bridgehead atoms. The number of aryl methyl sites for hydroxylation is 5. The number of nitrogens with zero attached hydrogens (tertiary/aromatic N) is 1. The minimum absolute atomic E-state index is 0.0887. The van der Waals surface area contributed by atoms with Crippen LogP contribution in [0.2, 0.25) is 0 Å². The summed E-state index contributed by atoms with van der Waals surface area (Å²) in [7, 11) is 0. The summed E-state index contributed by atoms with van der Waals surface area (Å²) < 4.78 is 2.13. The Morgan fingerprint density at radius 1 is 1.09 bits per heavy atom. The van der Waals surface area contributed by atoms with Crippen molar-refractivity contribution in [1.29, 1.82) is 0 Å². The number of amides is 1. The molecule has 0 fully saturated rings. The zero-order chi connectivity index (χ0) is 16.8. The van der Waals surface area contributed by atoms with Crippen molar-refractivity contribution in [2.45, 2.75) is 53.5 Å². The smallest absolute Gasteiger partial charge is 0.224 e. The van der Waals surface area contributed by atoms with Crippen molar-refractivity contribution in [2.24, 2.45) is 0 Å². The van der Waals surface area contributed by atoms with Crippen LogP contribution in [0.15, 0.2) is 36.7 Å². The number of rotatable bonds is 6. The molecule has 23 heavy (non-hydrogen) atoms. The Morgan fingerprint density at radius 3 is 2.26 bits per heavy atom. The molecule has 1 aromatic carbocycles. The highest BCUT2D eigenvalue weighted by Gasteiger charge is 2.09. The molecule has 0 radical (unpaired) electrons. The number of benzene rings is 1. The van der Waals surface area contributed by atoms with Crippen LogP contribution in [0.1, 0.15) is 42.0 Å². The first-order chi connectivity index (χ1) is 11.0. The number of hydrogen-bond acceptors (Lipinski definition) is 1. The summed E-state index contributed by atoms with van der Waals surface area (Å²) in [5.41, 5.74) is 5.77. The fourth-order valence-corrected chi connectivity index (χ4v) is 2.87. The van der Waals surface area contributed by atoms with Crippen LogP contribution < -0.4 is 9.88 Å². The standard InChI is InChI=1S/C20H26N2O/c1-5-18-8-11-22(12-9-18)10-6-7-19(23)21-20-16(3)13-15(2)14-17(20)4/h8-9,11-14H,5-7,10H2,1-4H3/p+1. The van der Waals surface area contributed by atoms with Gasteiger partial charge in [0.05, 0.1) is 0 Å². The lowest BCUT2D eigenvalue weighted by atomic mass is 10.0. The van der Waals surface area contributed by atoms with Gasteiger partial charge in [0.1, 0.15) is 6.54 Å². The molecule has 0 atom stereocenters. The van der Waals surface area contributed by atoms with Gasteiger partial charge in [-0.3, -0.25) is 4.79 Å². The zero-order valence-electron chi connectivity index (χ0n) is 14.6. The van der Waals surface area contributed by atoms with Gasteiger partial charge in [0.15, 0.2) is 12.4 Å². The predicted octanol–water partition coefficient (Wildman–Crippen LogP) is 3.88. The van der Waals surface area contributed by atoms with Gasteiger partial charge in [0.25, 0.3) is 0 Å². The maximum absolute atomic E-state index is 12.2. The largest absolute Gasteiger partial charge is 0.326 e. The molecule has 0 saturated carbocycles. The van der Waals surface area contributed by atoms with Gasteiger partial charge in [0, 0.05) is 30.7 Å². The van der Waals surface area contributed by atoms with Gasteiger partial charge in [-0.05, 0) is 43.9 Å². The number of hydrogen-bond donors (Lipinski definition) is 1. The molecule has 2 rings (SSSR count). The van der Waals surface area contributed by atoms with Crippen LogP contribution in [0.4, 0.5) is 5.69 Å². The molecule has 0 saturated heterocycles. The molecular formula is C20H27N2O+. The number of carbonyl (C=O) groups is 1. The number of aromatic nitrogens is 1. The van der Waals surface area contributed by atoms with E-state index in [-0.39, 0.29) is 5.91 Å². The second-order valence-corrected chi connectivity index (χ2v) is 6.22. The molecule has 1 heterocycles. The van der Waals surface area contributed by atoms with Crippen molar-refractivity contribution in [3.8, 4) is 0 Å². The normalized spacial score (nSPS) is 10.6. The van der Waals surface area contributed by atoms with E-state index < -0.39 is 0 Å². The van der Waals surface area contributed by atoms with Crippen LogP contribution in [0.25, 0.3) is 0 Å². The Hall–Kier alpha value is -2.16. The second kappa shape index (κ2) is 7.91. The summed E-state index contributed by atoms with van der Waals surface area (Å²) in [5, 5.41) is 3.06. The number of nitrogens with one attached hydrogen (secondary N) is 1. The highest BCUT2D eigenvalue weighted by atomic mass is 16.1. The summed E-state index contributed by atoms with van der Waals surface area (Å²) in [4.78, 5) is 12.2. The summed E-state index contributed by atoms with van der Waals surface area (Å²) in [6, 6.07) is 8.49. The topological polar surface area (TPSA) is 33.0 Å². The van der Waals surface area contributed by atoms with E-state index in [1.807, 2.05) is 13.8 Å². The fourth-order valence-electron chi connectivity index (χ4n) is 2.87. The van der Waals surface area contributed by atoms with Crippen LogP contribution >= 0.6 is 0 Å².